The number of carbonyl (C=O) groups excluding carboxylic acids is 1. The third kappa shape index (κ3) is 1.80. The number of ether oxygens (including phenoxy) is 1. The molecule has 1 unspecified atom stereocenters. The van der Waals surface area contributed by atoms with E-state index in [0.717, 1.165) is 25.1 Å². The first kappa shape index (κ1) is 10.7. The van der Waals surface area contributed by atoms with Crippen LogP contribution < -0.4 is 10.6 Å². The molecule has 1 aromatic heterocycles. The number of pyridine rings is 1. The second-order valence-corrected chi connectivity index (χ2v) is 3.81. The molecule has 16 heavy (non-hydrogen) atoms. The molecule has 5 nitrogen and oxygen atoms in total. The number of nitrogen functional groups attached to an aromatic ring is 1. The first-order chi connectivity index (χ1) is 7.74. The van der Waals surface area contributed by atoms with Gasteiger partial charge in [0.2, 0.25) is 0 Å². The quantitative estimate of drug-likeness (QED) is 0.748. The minimum Gasteiger partial charge on any atom is -0.467 e. The van der Waals surface area contributed by atoms with E-state index in [2.05, 4.69) is 4.98 Å². The fraction of sp³-hybridized carbons (Fsp3) is 0.455. The zero-order valence-electron chi connectivity index (χ0n) is 9.22. The summed E-state index contributed by atoms with van der Waals surface area (Å²) in [6.45, 7) is 0.827. The third-order valence-corrected chi connectivity index (χ3v) is 2.86. The summed E-state index contributed by atoms with van der Waals surface area (Å²) in [5, 5.41) is 0. The fourth-order valence-corrected chi connectivity index (χ4v) is 2.10. The molecule has 0 saturated carbocycles. The molecule has 2 rings (SSSR count). The predicted molar refractivity (Wildman–Crippen MR) is 61.0 cm³/mol. The van der Waals surface area contributed by atoms with Crippen LogP contribution in [0.15, 0.2) is 18.5 Å². The molecular formula is C11H15N3O2. The highest BCUT2D eigenvalue weighted by Crippen LogP contribution is 2.29. The van der Waals surface area contributed by atoms with Crippen molar-refractivity contribution < 1.29 is 9.53 Å². The smallest absolute Gasteiger partial charge is 0.328 e. The van der Waals surface area contributed by atoms with E-state index in [1.54, 1.807) is 12.4 Å². The second kappa shape index (κ2) is 4.38. The van der Waals surface area contributed by atoms with Gasteiger partial charge in [0.1, 0.15) is 6.04 Å². The summed E-state index contributed by atoms with van der Waals surface area (Å²) in [6, 6.07) is 1.62. The highest BCUT2D eigenvalue weighted by Gasteiger charge is 2.32. The molecule has 1 fully saturated rings. The minimum atomic E-state index is -0.213. The van der Waals surface area contributed by atoms with Gasteiger partial charge in [-0.05, 0) is 18.9 Å². The third-order valence-electron chi connectivity index (χ3n) is 2.86. The molecular weight excluding hydrogens is 206 g/mol. The van der Waals surface area contributed by atoms with Crippen molar-refractivity contribution in [1.29, 1.82) is 0 Å². The van der Waals surface area contributed by atoms with Gasteiger partial charge in [-0.15, -0.1) is 0 Å². The number of hydrogen-bond acceptors (Lipinski definition) is 5. The number of carbonyl (C=O) groups is 1. The van der Waals surface area contributed by atoms with Crippen molar-refractivity contribution in [2.45, 2.75) is 18.9 Å². The summed E-state index contributed by atoms with van der Waals surface area (Å²) in [6.07, 6.45) is 5.07. The van der Waals surface area contributed by atoms with Crippen molar-refractivity contribution in [2.24, 2.45) is 0 Å². The van der Waals surface area contributed by atoms with E-state index >= 15 is 0 Å². The van der Waals surface area contributed by atoms with E-state index in [4.69, 9.17) is 10.5 Å². The molecule has 1 aliphatic heterocycles. The van der Waals surface area contributed by atoms with Crippen LogP contribution in [0.2, 0.25) is 0 Å². The maximum atomic E-state index is 11.6. The van der Waals surface area contributed by atoms with Crippen LogP contribution in [0.4, 0.5) is 11.4 Å². The van der Waals surface area contributed by atoms with Crippen molar-refractivity contribution in [3.05, 3.63) is 18.5 Å². The fourth-order valence-electron chi connectivity index (χ4n) is 2.10. The van der Waals surface area contributed by atoms with Crippen molar-refractivity contribution >= 4 is 17.3 Å². The molecule has 1 aromatic rings. The van der Waals surface area contributed by atoms with Crippen molar-refractivity contribution in [2.75, 3.05) is 24.3 Å². The van der Waals surface area contributed by atoms with E-state index in [0.29, 0.717) is 5.69 Å². The number of esters is 1. The van der Waals surface area contributed by atoms with Crippen molar-refractivity contribution in [1.82, 2.24) is 4.98 Å². The van der Waals surface area contributed by atoms with Gasteiger partial charge in [0.15, 0.2) is 0 Å². The average Bonchev–Trinajstić information content (AvgIpc) is 2.77. The maximum Gasteiger partial charge on any atom is 0.328 e. The van der Waals surface area contributed by atoms with Gasteiger partial charge in [-0.25, -0.2) is 4.79 Å². The monoisotopic (exact) mass is 221 g/mol. The Morgan fingerprint density at radius 2 is 2.50 bits per heavy atom. The van der Waals surface area contributed by atoms with E-state index < -0.39 is 0 Å². The summed E-state index contributed by atoms with van der Waals surface area (Å²) in [4.78, 5) is 17.5. The van der Waals surface area contributed by atoms with Crippen LogP contribution in [0, 0.1) is 0 Å². The molecule has 0 amide bonds. The van der Waals surface area contributed by atoms with E-state index in [-0.39, 0.29) is 12.0 Å². The molecule has 0 bridgehead atoms. The molecule has 0 radical (unpaired) electrons. The van der Waals surface area contributed by atoms with E-state index in [1.165, 1.54) is 7.11 Å². The van der Waals surface area contributed by atoms with Crippen LogP contribution in [-0.2, 0) is 9.53 Å². The number of anilines is 2. The Balaban J connectivity index is 2.27. The average molecular weight is 221 g/mol. The molecule has 1 aliphatic rings. The highest BCUT2D eigenvalue weighted by molar-refractivity contribution is 5.82. The van der Waals surface area contributed by atoms with Crippen LogP contribution in [0.5, 0.6) is 0 Å². The zero-order valence-corrected chi connectivity index (χ0v) is 9.22. The topological polar surface area (TPSA) is 68.5 Å². The van der Waals surface area contributed by atoms with Gasteiger partial charge in [0.25, 0.3) is 0 Å². The summed E-state index contributed by atoms with van der Waals surface area (Å²) in [5.41, 5.74) is 7.31. The lowest BCUT2D eigenvalue weighted by atomic mass is 10.2. The summed E-state index contributed by atoms with van der Waals surface area (Å²) < 4.78 is 4.79. The highest BCUT2D eigenvalue weighted by atomic mass is 16.5. The second-order valence-electron chi connectivity index (χ2n) is 3.81. The van der Waals surface area contributed by atoms with Crippen LogP contribution >= 0.6 is 0 Å². The molecule has 1 saturated heterocycles. The number of rotatable bonds is 2. The van der Waals surface area contributed by atoms with Gasteiger partial charge in [-0.1, -0.05) is 0 Å². The number of methoxy groups -OCH3 is 1. The Kier molecular flexibility index (Phi) is 2.94. The zero-order chi connectivity index (χ0) is 11.5. The lowest BCUT2D eigenvalue weighted by Crippen LogP contribution is -2.37. The van der Waals surface area contributed by atoms with E-state index in [9.17, 15) is 4.79 Å². The first-order valence-electron chi connectivity index (χ1n) is 5.28. The van der Waals surface area contributed by atoms with Crippen LogP contribution in [0.3, 0.4) is 0 Å². The first-order valence-corrected chi connectivity index (χ1v) is 5.28. The Morgan fingerprint density at radius 3 is 3.19 bits per heavy atom. The SMILES string of the molecule is COC(=O)C1CCCN1c1ccncc1N. The van der Waals surface area contributed by atoms with Crippen molar-refractivity contribution in [3.63, 3.8) is 0 Å². The molecule has 2 heterocycles. The number of nitrogens with zero attached hydrogens (tertiary/aromatic N) is 2. The predicted octanol–water partition coefficient (Wildman–Crippen LogP) is 0.806. The number of aromatic nitrogens is 1. The van der Waals surface area contributed by atoms with Gasteiger partial charge in [0, 0.05) is 12.7 Å². The normalized spacial score (nSPS) is 19.8. The van der Waals surface area contributed by atoms with Gasteiger partial charge in [0.05, 0.1) is 24.7 Å². The Labute approximate surface area is 94.2 Å². The van der Waals surface area contributed by atoms with E-state index in [1.807, 2.05) is 11.0 Å². The van der Waals surface area contributed by atoms with Crippen LogP contribution in [0.25, 0.3) is 0 Å². The number of nitrogens with two attached hydrogens (primary N) is 1. The van der Waals surface area contributed by atoms with Gasteiger partial charge in [-0.3, -0.25) is 4.98 Å². The lowest BCUT2D eigenvalue weighted by Gasteiger charge is -2.25. The Bertz CT molecular complexity index is 395. The van der Waals surface area contributed by atoms with Gasteiger partial charge < -0.3 is 15.4 Å². The molecule has 5 heteroatoms. The molecule has 0 spiro atoms. The number of hydrogen-bond donors (Lipinski definition) is 1. The maximum absolute atomic E-state index is 11.6. The summed E-state index contributed by atoms with van der Waals surface area (Å²) in [7, 11) is 1.41. The molecule has 1 atom stereocenters. The summed E-state index contributed by atoms with van der Waals surface area (Å²) >= 11 is 0. The lowest BCUT2D eigenvalue weighted by molar-refractivity contribution is -0.141. The molecule has 0 aliphatic carbocycles. The van der Waals surface area contributed by atoms with Crippen LogP contribution in [0.1, 0.15) is 12.8 Å². The Morgan fingerprint density at radius 1 is 1.69 bits per heavy atom. The van der Waals surface area contributed by atoms with Gasteiger partial charge >= 0.3 is 5.97 Å². The van der Waals surface area contributed by atoms with Crippen LogP contribution in [-0.4, -0.2) is 30.6 Å². The van der Waals surface area contributed by atoms with Crippen molar-refractivity contribution in [3.8, 4) is 0 Å². The molecule has 2 N–H and O–H groups in total. The Hall–Kier alpha value is -1.78. The standard InChI is InChI=1S/C11H15N3O2/c1-16-11(15)10-3-2-6-14(10)9-4-5-13-7-8(9)12/h4-5,7,10H,2-3,6,12H2,1H3. The minimum absolute atomic E-state index is 0.200. The molecule has 86 valence electrons. The van der Waals surface area contributed by atoms with Gasteiger partial charge in [-0.2, -0.15) is 0 Å². The molecule has 0 aromatic carbocycles. The largest absolute Gasteiger partial charge is 0.467 e. The summed E-state index contributed by atoms with van der Waals surface area (Å²) in [5.74, 6) is -0.200.